The van der Waals surface area contributed by atoms with Gasteiger partial charge in [0.1, 0.15) is 4.90 Å². The van der Waals surface area contributed by atoms with Crippen LogP contribution < -0.4 is 10.5 Å². The van der Waals surface area contributed by atoms with Gasteiger partial charge in [0.25, 0.3) is 10.0 Å². The van der Waals surface area contributed by atoms with Crippen molar-refractivity contribution in [1.82, 2.24) is 0 Å². The van der Waals surface area contributed by atoms with Crippen LogP contribution in [0.3, 0.4) is 0 Å². The Hall–Kier alpha value is -1.24. The van der Waals surface area contributed by atoms with Crippen LogP contribution in [-0.2, 0) is 10.0 Å². The summed E-state index contributed by atoms with van der Waals surface area (Å²) in [4.78, 5) is -0.0417. The SMILES string of the molecule is Nc1ccc(Cl)cc1S(=O)(=O)Nc1cccc(Br)c1. The maximum atomic E-state index is 12.2. The van der Waals surface area contributed by atoms with E-state index in [1.54, 1.807) is 24.3 Å². The third-order valence-electron chi connectivity index (χ3n) is 2.34. The number of nitrogens with one attached hydrogen (secondary N) is 1. The van der Waals surface area contributed by atoms with Gasteiger partial charge >= 0.3 is 0 Å². The Labute approximate surface area is 124 Å². The molecule has 0 spiro atoms. The fourth-order valence-electron chi connectivity index (χ4n) is 1.50. The topological polar surface area (TPSA) is 72.2 Å². The van der Waals surface area contributed by atoms with E-state index in [1.807, 2.05) is 0 Å². The number of nitrogen functional groups attached to an aromatic ring is 1. The van der Waals surface area contributed by atoms with Gasteiger partial charge in [-0.05, 0) is 36.4 Å². The van der Waals surface area contributed by atoms with Crippen molar-refractivity contribution in [3.05, 3.63) is 52.0 Å². The number of hydrogen-bond acceptors (Lipinski definition) is 3. The summed E-state index contributed by atoms with van der Waals surface area (Å²) in [5.74, 6) is 0. The van der Waals surface area contributed by atoms with E-state index in [1.165, 1.54) is 18.2 Å². The van der Waals surface area contributed by atoms with Crippen LogP contribution in [0.1, 0.15) is 0 Å². The lowest BCUT2D eigenvalue weighted by atomic mass is 10.3. The molecule has 100 valence electrons. The predicted octanol–water partition coefficient (Wildman–Crippen LogP) is 3.49. The van der Waals surface area contributed by atoms with E-state index < -0.39 is 10.0 Å². The van der Waals surface area contributed by atoms with E-state index in [4.69, 9.17) is 17.3 Å². The molecule has 2 aromatic rings. The molecule has 7 heteroatoms. The second kappa shape index (κ2) is 5.40. The summed E-state index contributed by atoms with van der Waals surface area (Å²) in [5, 5.41) is 0.309. The van der Waals surface area contributed by atoms with Crippen molar-refractivity contribution in [3.8, 4) is 0 Å². The molecule has 0 aromatic heterocycles. The fourth-order valence-corrected chi connectivity index (χ4v) is 3.35. The maximum Gasteiger partial charge on any atom is 0.263 e. The highest BCUT2D eigenvalue weighted by atomic mass is 79.9. The van der Waals surface area contributed by atoms with Crippen LogP contribution in [0.5, 0.6) is 0 Å². The van der Waals surface area contributed by atoms with Gasteiger partial charge in [0, 0.05) is 15.2 Å². The van der Waals surface area contributed by atoms with Gasteiger partial charge in [0.15, 0.2) is 0 Å². The van der Waals surface area contributed by atoms with Gasteiger partial charge in [-0.3, -0.25) is 4.72 Å². The Bertz CT molecular complexity index is 719. The first kappa shape index (κ1) is 14.2. The second-order valence-electron chi connectivity index (χ2n) is 3.80. The van der Waals surface area contributed by atoms with Crippen LogP contribution in [0.15, 0.2) is 51.8 Å². The number of hydrogen-bond donors (Lipinski definition) is 2. The van der Waals surface area contributed by atoms with Crippen LogP contribution in [0, 0.1) is 0 Å². The predicted molar refractivity (Wildman–Crippen MR) is 80.8 cm³/mol. The molecule has 19 heavy (non-hydrogen) atoms. The van der Waals surface area contributed by atoms with Crippen molar-refractivity contribution >= 4 is 48.9 Å². The van der Waals surface area contributed by atoms with Crippen LogP contribution in [-0.4, -0.2) is 8.42 Å². The van der Waals surface area contributed by atoms with Crippen LogP contribution in [0.25, 0.3) is 0 Å². The first-order valence-electron chi connectivity index (χ1n) is 5.22. The van der Waals surface area contributed by atoms with Gasteiger partial charge < -0.3 is 5.73 Å². The van der Waals surface area contributed by atoms with Gasteiger partial charge in [-0.2, -0.15) is 0 Å². The highest BCUT2D eigenvalue weighted by Crippen LogP contribution is 2.25. The minimum absolute atomic E-state index is 0.0417. The van der Waals surface area contributed by atoms with Crippen molar-refractivity contribution in [2.45, 2.75) is 4.90 Å². The van der Waals surface area contributed by atoms with E-state index in [9.17, 15) is 8.42 Å². The van der Waals surface area contributed by atoms with E-state index in [-0.39, 0.29) is 10.6 Å². The summed E-state index contributed by atoms with van der Waals surface area (Å²) in [5.41, 5.74) is 6.26. The molecule has 0 fully saturated rings. The monoisotopic (exact) mass is 360 g/mol. The molecule has 0 unspecified atom stereocenters. The van der Waals surface area contributed by atoms with E-state index in [0.29, 0.717) is 10.7 Å². The molecular formula is C12H10BrClN2O2S. The lowest BCUT2D eigenvalue weighted by molar-refractivity contribution is 0.601. The minimum atomic E-state index is -3.76. The van der Waals surface area contributed by atoms with E-state index in [2.05, 4.69) is 20.7 Å². The summed E-state index contributed by atoms with van der Waals surface area (Å²) >= 11 is 9.07. The van der Waals surface area contributed by atoms with Gasteiger partial charge in [0.2, 0.25) is 0 Å². The Morgan fingerprint density at radius 3 is 2.58 bits per heavy atom. The Balaban J connectivity index is 2.40. The molecule has 2 rings (SSSR count). The van der Waals surface area contributed by atoms with Crippen molar-refractivity contribution in [2.75, 3.05) is 10.5 Å². The molecule has 2 aromatic carbocycles. The molecule has 4 nitrogen and oxygen atoms in total. The summed E-state index contributed by atoms with van der Waals surface area (Å²) in [7, 11) is -3.76. The molecule has 0 saturated heterocycles. The summed E-state index contributed by atoms with van der Waals surface area (Å²) in [6.07, 6.45) is 0. The maximum absolute atomic E-state index is 12.2. The zero-order valence-electron chi connectivity index (χ0n) is 9.60. The molecule has 0 heterocycles. The zero-order valence-corrected chi connectivity index (χ0v) is 12.8. The quantitative estimate of drug-likeness (QED) is 0.822. The van der Waals surface area contributed by atoms with Crippen molar-refractivity contribution in [3.63, 3.8) is 0 Å². The fraction of sp³-hybridized carbons (Fsp3) is 0. The first-order chi connectivity index (χ1) is 8.88. The van der Waals surface area contributed by atoms with Gasteiger partial charge in [0.05, 0.1) is 5.69 Å². The van der Waals surface area contributed by atoms with Crippen molar-refractivity contribution < 1.29 is 8.42 Å². The van der Waals surface area contributed by atoms with Crippen molar-refractivity contribution in [2.24, 2.45) is 0 Å². The second-order valence-corrected chi connectivity index (χ2v) is 6.80. The minimum Gasteiger partial charge on any atom is -0.398 e. The third-order valence-corrected chi connectivity index (χ3v) is 4.51. The molecule has 0 radical (unpaired) electrons. The van der Waals surface area contributed by atoms with E-state index >= 15 is 0 Å². The molecule has 0 amide bonds. The number of benzene rings is 2. The zero-order chi connectivity index (χ0) is 14.0. The molecule has 0 aliphatic heterocycles. The summed E-state index contributed by atoms with van der Waals surface area (Å²) in [6, 6.07) is 11.1. The third kappa shape index (κ3) is 3.40. The standard InChI is InChI=1S/C12H10BrClN2O2S/c13-8-2-1-3-10(6-8)16-19(17,18)12-7-9(14)4-5-11(12)15/h1-7,16H,15H2. The van der Waals surface area contributed by atoms with Gasteiger partial charge in [-0.15, -0.1) is 0 Å². The summed E-state index contributed by atoms with van der Waals surface area (Å²) in [6.45, 7) is 0. The highest BCUT2D eigenvalue weighted by molar-refractivity contribution is 9.10. The number of halogens is 2. The van der Waals surface area contributed by atoms with Crippen molar-refractivity contribution in [1.29, 1.82) is 0 Å². The molecule has 0 aliphatic rings. The smallest absolute Gasteiger partial charge is 0.263 e. The highest BCUT2D eigenvalue weighted by Gasteiger charge is 2.18. The summed E-state index contributed by atoms with van der Waals surface area (Å²) < 4.78 is 27.7. The Morgan fingerprint density at radius 2 is 1.89 bits per heavy atom. The number of rotatable bonds is 3. The Kier molecular flexibility index (Phi) is 4.03. The lowest BCUT2D eigenvalue weighted by Crippen LogP contribution is -2.14. The van der Waals surface area contributed by atoms with Crippen LogP contribution in [0.4, 0.5) is 11.4 Å². The molecule has 0 atom stereocenters. The largest absolute Gasteiger partial charge is 0.398 e. The van der Waals surface area contributed by atoms with Gasteiger partial charge in [-0.1, -0.05) is 33.6 Å². The van der Waals surface area contributed by atoms with Gasteiger partial charge in [-0.25, -0.2) is 8.42 Å². The molecule has 0 saturated carbocycles. The van der Waals surface area contributed by atoms with Crippen LogP contribution in [0.2, 0.25) is 5.02 Å². The molecule has 0 bridgehead atoms. The first-order valence-corrected chi connectivity index (χ1v) is 7.87. The lowest BCUT2D eigenvalue weighted by Gasteiger charge is -2.10. The van der Waals surface area contributed by atoms with Crippen LogP contribution >= 0.6 is 27.5 Å². The Morgan fingerprint density at radius 1 is 1.16 bits per heavy atom. The molecular weight excluding hydrogens is 352 g/mol. The molecule has 3 N–H and O–H groups in total. The normalized spacial score (nSPS) is 11.3. The number of anilines is 2. The number of nitrogens with two attached hydrogens (primary N) is 1. The van der Waals surface area contributed by atoms with E-state index in [0.717, 1.165) is 4.47 Å². The number of sulfonamides is 1. The average molecular weight is 362 g/mol. The average Bonchev–Trinajstić information content (AvgIpc) is 2.31. The molecule has 0 aliphatic carbocycles.